The van der Waals surface area contributed by atoms with Gasteiger partial charge >= 0.3 is 0 Å². The summed E-state index contributed by atoms with van der Waals surface area (Å²) in [6.45, 7) is 2.16. The Balaban J connectivity index is 1.74. The van der Waals surface area contributed by atoms with Gasteiger partial charge in [0.25, 0.3) is 0 Å². The molecule has 0 bridgehead atoms. The smallest absolute Gasteiger partial charge is 0.223 e. The molecule has 1 unspecified atom stereocenters. The van der Waals surface area contributed by atoms with Gasteiger partial charge in [-0.05, 0) is 45.2 Å². The molecule has 1 saturated carbocycles. The third-order valence-electron chi connectivity index (χ3n) is 3.40. The maximum Gasteiger partial charge on any atom is 0.223 e. The van der Waals surface area contributed by atoms with Gasteiger partial charge in [0.1, 0.15) is 0 Å². The zero-order valence-corrected chi connectivity index (χ0v) is 8.72. The molecular formula is C11H20N2O. The zero-order chi connectivity index (χ0) is 9.80. The van der Waals surface area contributed by atoms with E-state index in [4.69, 9.17) is 0 Å². The van der Waals surface area contributed by atoms with Gasteiger partial charge in [0, 0.05) is 12.0 Å². The normalized spacial score (nSPS) is 29.0. The fourth-order valence-electron chi connectivity index (χ4n) is 2.15. The number of carbonyl (C=O) groups is 1. The van der Waals surface area contributed by atoms with Gasteiger partial charge in [-0.15, -0.1) is 0 Å². The Bertz CT molecular complexity index is 193. The highest BCUT2D eigenvalue weighted by molar-refractivity contribution is 5.79. The largest absolute Gasteiger partial charge is 0.353 e. The summed E-state index contributed by atoms with van der Waals surface area (Å²) >= 11 is 0. The first-order valence-electron chi connectivity index (χ1n) is 5.87. The van der Waals surface area contributed by atoms with E-state index < -0.39 is 0 Å². The molecular weight excluding hydrogens is 176 g/mol. The quantitative estimate of drug-likeness (QED) is 0.693. The first-order chi connectivity index (χ1) is 6.86. The van der Waals surface area contributed by atoms with E-state index in [1.54, 1.807) is 0 Å². The molecule has 1 aliphatic carbocycles. The molecule has 80 valence electrons. The summed E-state index contributed by atoms with van der Waals surface area (Å²) in [5.41, 5.74) is 0. The van der Waals surface area contributed by atoms with Crippen molar-refractivity contribution < 1.29 is 4.79 Å². The van der Waals surface area contributed by atoms with E-state index in [9.17, 15) is 4.79 Å². The molecule has 1 amide bonds. The number of nitrogens with one attached hydrogen (secondary N) is 2. The summed E-state index contributed by atoms with van der Waals surface area (Å²) in [4.78, 5) is 11.7. The molecule has 0 spiro atoms. The van der Waals surface area contributed by atoms with Crippen LogP contribution in [0.1, 0.15) is 38.5 Å². The van der Waals surface area contributed by atoms with Crippen molar-refractivity contribution in [3.8, 4) is 0 Å². The van der Waals surface area contributed by atoms with E-state index in [1.165, 1.54) is 12.8 Å². The van der Waals surface area contributed by atoms with Crippen LogP contribution in [0.4, 0.5) is 0 Å². The van der Waals surface area contributed by atoms with Crippen LogP contribution in [0.2, 0.25) is 0 Å². The molecule has 0 aromatic rings. The third kappa shape index (κ3) is 2.47. The van der Waals surface area contributed by atoms with Crippen LogP contribution in [0, 0.1) is 5.92 Å². The molecule has 0 aromatic carbocycles. The molecule has 14 heavy (non-hydrogen) atoms. The fourth-order valence-corrected chi connectivity index (χ4v) is 2.15. The fraction of sp³-hybridized carbons (Fsp3) is 0.909. The molecule has 2 fully saturated rings. The van der Waals surface area contributed by atoms with Crippen LogP contribution in [0.5, 0.6) is 0 Å². The van der Waals surface area contributed by atoms with Crippen molar-refractivity contribution in [3.63, 3.8) is 0 Å². The average Bonchev–Trinajstić information content (AvgIpc) is 2.29. The molecule has 0 radical (unpaired) electrons. The predicted molar refractivity (Wildman–Crippen MR) is 56.0 cm³/mol. The van der Waals surface area contributed by atoms with Crippen LogP contribution in [-0.2, 0) is 4.79 Å². The van der Waals surface area contributed by atoms with Gasteiger partial charge in [-0.25, -0.2) is 0 Å². The Kier molecular flexibility index (Phi) is 3.40. The van der Waals surface area contributed by atoms with Crippen molar-refractivity contribution in [1.29, 1.82) is 0 Å². The minimum Gasteiger partial charge on any atom is -0.353 e. The lowest BCUT2D eigenvalue weighted by molar-refractivity contribution is -0.128. The first-order valence-corrected chi connectivity index (χ1v) is 5.87. The topological polar surface area (TPSA) is 41.1 Å². The van der Waals surface area contributed by atoms with Gasteiger partial charge in [0.15, 0.2) is 0 Å². The minimum atomic E-state index is 0.308. The summed E-state index contributed by atoms with van der Waals surface area (Å²) < 4.78 is 0. The monoisotopic (exact) mass is 196 g/mol. The van der Waals surface area contributed by atoms with E-state index in [1.807, 2.05) is 0 Å². The summed E-state index contributed by atoms with van der Waals surface area (Å²) in [5.74, 6) is 0.648. The Labute approximate surface area is 85.6 Å². The van der Waals surface area contributed by atoms with Crippen LogP contribution in [0.15, 0.2) is 0 Å². The minimum absolute atomic E-state index is 0.308. The van der Waals surface area contributed by atoms with Crippen molar-refractivity contribution >= 4 is 5.91 Å². The Morgan fingerprint density at radius 2 is 1.93 bits per heavy atom. The molecule has 2 aliphatic rings. The van der Waals surface area contributed by atoms with Gasteiger partial charge in [-0.2, -0.15) is 0 Å². The molecule has 2 N–H and O–H groups in total. The summed E-state index contributed by atoms with van der Waals surface area (Å²) in [7, 11) is 0. The van der Waals surface area contributed by atoms with Crippen molar-refractivity contribution in [2.75, 3.05) is 13.1 Å². The average molecular weight is 196 g/mol. The van der Waals surface area contributed by atoms with Crippen molar-refractivity contribution in [2.24, 2.45) is 5.92 Å². The lowest BCUT2D eigenvalue weighted by Gasteiger charge is -2.26. The highest BCUT2D eigenvalue weighted by atomic mass is 16.2. The molecule has 1 saturated heterocycles. The lowest BCUT2D eigenvalue weighted by atomic mass is 9.84. The zero-order valence-electron chi connectivity index (χ0n) is 8.72. The highest BCUT2D eigenvalue weighted by Gasteiger charge is 2.26. The third-order valence-corrected chi connectivity index (χ3v) is 3.40. The summed E-state index contributed by atoms with van der Waals surface area (Å²) in [6.07, 6.45) is 6.89. The number of amides is 1. The molecule has 3 nitrogen and oxygen atoms in total. The maximum absolute atomic E-state index is 11.7. The number of hydrogen-bond acceptors (Lipinski definition) is 2. The number of hydrogen-bond donors (Lipinski definition) is 2. The van der Waals surface area contributed by atoms with E-state index >= 15 is 0 Å². The van der Waals surface area contributed by atoms with Gasteiger partial charge in [0.05, 0.1) is 0 Å². The first kappa shape index (κ1) is 9.97. The van der Waals surface area contributed by atoms with E-state index in [0.29, 0.717) is 17.9 Å². The molecule has 1 aliphatic heterocycles. The van der Waals surface area contributed by atoms with Crippen LogP contribution < -0.4 is 10.6 Å². The lowest BCUT2D eigenvalue weighted by Crippen LogP contribution is -2.41. The number of carbonyl (C=O) groups excluding carboxylic acids is 1. The summed E-state index contributed by atoms with van der Waals surface area (Å²) in [5, 5.41) is 6.54. The highest BCUT2D eigenvalue weighted by Crippen LogP contribution is 2.26. The Hall–Kier alpha value is -0.570. The Morgan fingerprint density at radius 3 is 2.64 bits per heavy atom. The SMILES string of the molecule is O=C(NC1CCCNCC1)C1CCC1. The second kappa shape index (κ2) is 4.78. The van der Waals surface area contributed by atoms with Gasteiger partial charge in [0.2, 0.25) is 5.91 Å². The van der Waals surface area contributed by atoms with Crippen LogP contribution >= 0.6 is 0 Å². The molecule has 2 rings (SSSR count). The second-order valence-electron chi connectivity index (χ2n) is 4.51. The second-order valence-corrected chi connectivity index (χ2v) is 4.51. The van der Waals surface area contributed by atoms with Crippen LogP contribution in [0.25, 0.3) is 0 Å². The molecule has 0 aromatic heterocycles. The predicted octanol–water partition coefficient (Wildman–Crippen LogP) is 1.04. The number of rotatable bonds is 2. The van der Waals surface area contributed by atoms with Crippen molar-refractivity contribution in [3.05, 3.63) is 0 Å². The van der Waals surface area contributed by atoms with E-state index in [0.717, 1.165) is 38.8 Å². The van der Waals surface area contributed by atoms with E-state index in [2.05, 4.69) is 10.6 Å². The van der Waals surface area contributed by atoms with Crippen LogP contribution in [0.3, 0.4) is 0 Å². The van der Waals surface area contributed by atoms with Gasteiger partial charge in [-0.1, -0.05) is 6.42 Å². The standard InChI is InChI=1S/C11H20N2O/c14-11(9-3-1-4-9)13-10-5-2-7-12-8-6-10/h9-10,12H,1-8H2,(H,13,14). The van der Waals surface area contributed by atoms with Crippen molar-refractivity contribution in [2.45, 2.75) is 44.6 Å². The molecule has 1 atom stereocenters. The van der Waals surface area contributed by atoms with Crippen molar-refractivity contribution in [1.82, 2.24) is 10.6 Å². The van der Waals surface area contributed by atoms with E-state index in [-0.39, 0.29) is 0 Å². The van der Waals surface area contributed by atoms with Gasteiger partial charge < -0.3 is 10.6 Å². The molecule has 3 heteroatoms. The maximum atomic E-state index is 11.7. The van der Waals surface area contributed by atoms with Crippen LogP contribution in [-0.4, -0.2) is 25.0 Å². The Morgan fingerprint density at radius 1 is 1.07 bits per heavy atom. The summed E-state index contributed by atoms with van der Waals surface area (Å²) in [6, 6.07) is 0.429. The van der Waals surface area contributed by atoms with Gasteiger partial charge in [-0.3, -0.25) is 4.79 Å². The molecule has 1 heterocycles.